The molecule has 0 aliphatic rings. The Balaban J connectivity index is 4.01. The predicted octanol–water partition coefficient (Wildman–Crippen LogP) is -0.617. The van der Waals surface area contributed by atoms with Crippen LogP contribution in [0.25, 0.3) is 0 Å². The minimum Gasteiger partial charge on any atom is -0.383 e. The number of nitrogens with two attached hydrogens (primary N) is 1. The first-order valence-electron chi connectivity index (χ1n) is 4.62. The minimum absolute atomic E-state index is 0.222. The first-order chi connectivity index (χ1) is 6.34. The molecule has 0 heterocycles. The molecule has 14 heavy (non-hydrogen) atoms. The Morgan fingerprint density at radius 1 is 1.36 bits per heavy atom. The summed E-state index contributed by atoms with van der Waals surface area (Å²) in [5.41, 5.74) is 4.95. The molecule has 0 saturated heterocycles. The zero-order valence-corrected chi connectivity index (χ0v) is 8.78. The average molecular weight is 202 g/mol. The van der Waals surface area contributed by atoms with Crippen LogP contribution in [0.2, 0.25) is 0 Å². The zero-order chi connectivity index (χ0) is 11.3. The maximum absolute atomic E-state index is 11.2. The summed E-state index contributed by atoms with van der Waals surface area (Å²) in [6.45, 7) is 5.27. The predicted molar refractivity (Wildman–Crippen MR) is 52.3 cm³/mol. The lowest BCUT2D eigenvalue weighted by Gasteiger charge is -2.15. The number of hydrogen-bond donors (Lipinski definition) is 3. The summed E-state index contributed by atoms with van der Waals surface area (Å²) in [6, 6.07) is -0.746. The Morgan fingerprint density at radius 2 is 1.86 bits per heavy atom. The van der Waals surface area contributed by atoms with Crippen molar-refractivity contribution in [3.63, 3.8) is 0 Å². The number of amides is 2. The number of primary amides is 1. The van der Waals surface area contributed by atoms with Crippen molar-refractivity contribution in [2.45, 2.75) is 39.3 Å². The molecule has 0 radical (unpaired) electrons. The van der Waals surface area contributed by atoms with Gasteiger partial charge in [-0.1, -0.05) is 13.8 Å². The van der Waals surface area contributed by atoms with Crippen molar-refractivity contribution < 1.29 is 14.7 Å². The van der Waals surface area contributed by atoms with Crippen molar-refractivity contribution in [3.8, 4) is 0 Å². The van der Waals surface area contributed by atoms with Crippen molar-refractivity contribution in [1.29, 1.82) is 0 Å². The van der Waals surface area contributed by atoms with Crippen LogP contribution in [-0.4, -0.2) is 29.1 Å². The highest BCUT2D eigenvalue weighted by molar-refractivity contribution is 5.88. The minimum atomic E-state index is -1.07. The lowest BCUT2D eigenvalue weighted by molar-refractivity contribution is -0.133. The Hall–Kier alpha value is -1.10. The third kappa shape index (κ3) is 4.81. The average Bonchev–Trinajstić information content (AvgIpc) is 2.02. The van der Waals surface area contributed by atoms with E-state index in [0.29, 0.717) is 6.42 Å². The van der Waals surface area contributed by atoms with Gasteiger partial charge in [0.2, 0.25) is 11.8 Å². The summed E-state index contributed by atoms with van der Waals surface area (Å²) in [4.78, 5) is 21.8. The van der Waals surface area contributed by atoms with Crippen molar-refractivity contribution in [2.24, 2.45) is 11.7 Å². The van der Waals surface area contributed by atoms with Crippen LogP contribution in [0.1, 0.15) is 27.2 Å². The lowest BCUT2D eigenvalue weighted by atomic mass is 10.1. The number of rotatable bonds is 5. The van der Waals surface area contributed by atoms with Crippen molar-refractivity contribution in [2.75, 3.05) is 0 Å². The summed E-state index contributed by atoms with van der Waals surface area (Å²) >= 11 is 0. The quantitative estimate of drug-likeness (QED) is 0.555. The number of carbonyl (C=O) groups is 2. The monoisotopic (exact) mass is 202 g/mol. The fourth-order valence-corrected chi connectivity index (χ4v) is 0.934. The molecule has 0 spiro atoms. The van der Waals surface area contributed by atoms with Crippen LogP contribution in [0.3, 0.4) is 0 Å². The Labute approximate surface area is 83.7 Å². The molecule has 2 atom stereocenters. The van der Waals surface area contributed by atoms with E-state index in [1.807, 2.05) is 13.8 Å². The van der Waals surface area contributed by atoms with Crippen LogP contribution >= 0.6 is 0 Å². The molecule has 2 amide bonds. The molecule has 0 aromatic rings. The third-order valence-corrected chi connectivity index (χ3v) is 1.78. The normalized spacial score (nSPS) is 14.9. The van der Waals surface area contributed by atoms with E-state index in [2.05, 4.69) is 5.32 Å². The molecule has 4 N–H and O–H groups in total. The summed E-state index contributed by atoms with van der Waals surface area (Å²) in [7, 11) is 0. The first kappa shape index (κ1) is 12.9. The van der Waals surface area contributed by atoms with Gasteiger partial charge in [0.25, 0.3) is 0 Å². The molecule has 0 aliphatic carbocycles. The highest BCUT2D eigenvalue weighted by Gasteiger charge is 2.19. The van der Waals surface area contributed by atoms with Gasteiger partial charge in [-0.3, -0.25) is 9.59 Å². The standard InChI is InChI=1S/C9H18N2O3/c1-5(2)4-7(12)9(14)11-6(3)8(10)13/h5-7,12H,4H2,1-3H3,(H2,10,13)(H,11,14)/t6-,7-/m0/s1. The van der Waals surface area contributed by atoms with E-state index in [9.17, 15) is 14.7 Å². The molecule has 82 valence electrons. The number of nitrogens with one attached hydrogen (secondary N) is 1. The van der Waals surface area contributed by atoms with Crippen molar-refractivity contribution >= 4 is 11.8 Å². The maximum Gasteiger partial charge on any atom is 0.249 e. The zero-order valence-electron chi connectivity index (χ0n) is 8.78. The molecule has 5 nitrogen and oxygen atoms in total. The molecular weight excluding hydrogens is 184 g/mol. The van der Waals surface area contributed by atoms with E-state index < -0.39 is 24.0 Å². The van der Waals surface area contributed by atoms with Gasteiger partial charge in [-0.25, -0.2) is 0 Å². The van der Waals surface area contributed by atoms with Crippen LogP contribution in [0.4, 0.5) is 0 Å². The number of aliphatic hydroxyl groups is 1. The largest absolute Gasteiger partial charge is 0.383 e. The Kier molecular flexibility index (Phi) is 5.15. The molecule has 5 heteroatoms. The molecule has 0 rings (SSSR count). The summed E-state index contributed by atoms with van der Waals surface area (Å²) in [5.74, 6) is -0.945. The smallest absolute Gasteiger partial charge is 0.249 e. The van der Waals surface area contributed by atoms with E-state index in [4.69, 9.17) is 5.73 Å². The van der Waals surface area contributed by atoms with E-state index in [1.54, 1.807) is 0 Å². The highest BCUT2D eigenvalue weighted by atomic mass is 16.3. The fourth-order valence-electron chi connectivity index (χ4n) is 0.934. The van der Waals surface area contributed by atoms with E-state index in [0.717, 1.165) is 0 Å². The van der Waals surface area contributed by atoms with Crippen molar-refractivity contribution in [1.82, 2.24) is 5.32 Å². The van der Waals surface area contributed by atoms with Gasteiger partial charge in [0.05, 0.1) is 0 Å². The third-order valence-electron chi connectivity index (χ3n) is 1.78. The van der Waals surface area contributed by atoms with Crippen LogP contribution in [0.5, 0.6) is 0 Å². The van der Waals surface area contributed by atoms with E-state index in [-0.39, 0.29) is 5.92 Å². The molecular formula is C9H18N2O3. The van der Waals surface area contributed by atoms with Gasteiger partial charge in [0.15, 0.2) is 0 Å². The van der Waals surface area contributed by atoms with Gasteiger partial charge in [-0.05, 0) is 19.3 Å². The summed E-state index contributed by atoms with van der Waals surface area (Å²) in [6.07, 6.45) is -0.700. The van der Waals surface area contributed by atoms with Gasteiger partial charge < -0.3 is 16.2 Å². The van der Waals surface area contributed by atoms with Crippen LogP contribution in [-0.2, 0) is 9.59 Å². The molecule has 0 aromatic carbocycles. The van der Waals surface area contributed by atoms with Gasteiger partial charge in [0, 0.05) is 0 Å². The number of hydrogen-bond acceptors (Lipinski definition) is 3. The van der Waals surface area contributed by atoms with Crippen LogP contribution in [0, 0.1) is 5.92 Å². The summed E-state index contributed by atoms with van der Waals surface area (Å²) < 4.78 is 0. The SMILES string of the molecule is CC(C)C[C@H](O)C(=O)N[C@@H](C)C(N)=O. The van der Waals surface area contributed by atoms with Crippen LogP contribution in [0.15, 0.2) is 0 Å². The van der Waals surface area contributed by atoms with E-state index in [1.165, 1.54) is 6.92 Å². The second kappa shape index (κ2) is 5.59. The van der Waals surface area contributed by atoms with Gasteiger partial charge in [-0.2, -0.15) is 0 Å². The molecule has 0 fully saturated rings. The number of aliphatic hydroxyl groups excluding tert-OH is 1. The highest BCUT2D eigenvalue weighted by Crippen LogP contribution is 2.04. The van der Waals surface area contributed by atoms with Gasteiger partial charge >= 0.3 is 0 Å². The van der Waals surface area contributed by atoms with Gasteiger partial charge in [0.1, 0.15) is 12.1 Å². The second-order valence-corrected chi connectivity index (χ2v) is 3.78. The van der Waals surface area contributed by atoms with Crippen molar-refractivity contribution in [3.05, 3.63) is 0 Å². The first-order valence-corrected chi connectivity index (χ1v) is 4.62. The molecule has 0 saturated carbocycles. The Morgan fingerprint density at radius 3 is 2.21 bits per heavy atom. The molecule has 0 aliphatic heterocycles. The maximum atomic E-state index is 11.2. The Bertz CT molecular complexity index is 216. The molecule has 0 aromatic heterocycles. The summed E-state index contributed by atoms with van der Waals surface area (Å²) in [5, 5.41) is 11.7. The number of carbonyl (C=O) groups excluding carboxylic acids is 2. The molecule has 0 bridgehead atoms. The van der Waals surface area contributed by atoms with E-state index >= 15 is 0 Å². The van der Waals surface area contributed by atoms with Gasteiger partial charge in [-0.15, -0.1) is 0 Å². The lowest BCUT2D eigenvalue weighted by Crippen LogP contribution is -2.46. The molecule has 0 unspecified atom stereocenters. The second-order valence-electron chi connectivity index (χ2n) is 3.78. The topological polar surface area (TPSA) is 92.4 Å². The fraction of sp³-hybridized carbons (Fsp3) is 0.778. The van der Waals surface area contributed by atoms with Crippen LogP contribution < -0.4 is 11.1 Å².